The van der Waals surface area contributed by atoms with Crippen LogP contribution in [0.5, 0.6) is 0 Å². The van der Waals surface area contributed by atoms with Crippen LogP contribution in [0.25, 0.3) is 22.3 Å². The van der Waals surface area contributed by atoms with E-state index in [1.54, 1.807) is 44.2 Å². The number of nitrogens with one attached hydrogen (secondary N) is 3. The number of aliphatic hydroxyl groups is 3. The molecule has 2 aliphatic rings. The zero-order valence-electron chi connectivity index (χ0n) is 31.8. The van der Waals surface area contributed by atoms with Crippen LogP contribution in [0.3, 0.4) is 0 Å². The number of aromatic nitrogens is 8. The van der Waals surface area contributed by atoms with Gasteiger partial charge in [0.25, 0.3) is 11.5 Å². The largest absolute Gasteiger partial charge is 0.475 e. The van der Waals surface area contributed by atoms with Gasteiger partial charge in [0.15, 0.2) is 46.8 Å². The Morgan fingerprint density at radius 1 is 1.00 bits per heavy atom. The van der Waals surface area contributed by atoms with Crippen LogP contribution < -0.4 is 16.2 Å². The van der Waals surface area contributed by atoms with E-state index >= 15 is 4.39 Å². The predicted octanol–water partition coefficient (Wildman–Crippen LogP) is 1.34. The first kappa shape index (κ1) is 42.5. The van der Waals surface area contributed by atoms with Crippen molar-refractivity contribution in [2.75, 3.05) is 37.1 Å². The molecule has 5 aromatic rings. The van der Waals surface area contributed by atoms with Crippen molar-refractivity contribution in [2.24, 2.45) is 11.8 Å². The van der Waals surface area contributed by atoms with Crippen LogP contribution in [0, 0.1) is 23.2 Å². The van der Waals surface area contributed by atoms with Gasteiger partial charge in [-0.05, 0) is 12.1 Å². The molecule has 2 amide bonds. The first-order chi connectivity index (χ1) is 28.9. The summed E-state index contributed by atoms with van der Waals surface area (Å²) < 4.78 is 61.5. The van der Waals surface area contributed by atoms with Gasteiger partial charge in [0.1, 0.15) is 24.6 Å². The summed E-state index contributed by atoms with van der Waals surface area (Å²) >= 11 is 0. The number of amides is 2. The number of ether oxygens (including phenoxy) is 2. The summed E-state index contributed by atoms with van der Waals surface area (Å²) in [5.74, 6) is -2.73. The van der Waals surface area contributed by atoms with Crippen molar-refractivity contribution in [1.82, 2.24) is 39.0 Å². The van der Waals surface area contributed by atoms with E-state index in [-0.39, 0.29) is 40.5 Å². The third kappa shape index (κ3) is 8.53. The third-order valence-electron chi connectivity index (χ3n) is 9.66. The minimum Gasteiger partial charge on any atom is -0.396 e. The van der Waals surface area contributed by atoms with Gasteiger partial charge in [-0.2, -0.15) is 10.2 Å². The summed E-state index contributed by atoms with van der Waals surface area (Å²) in [6.45, 7) is 0.604. The van der Waals surface area contributed by atoms with Crippen LogP contribution >= 0.6 is 7.82 Å². The van der Waals surface area contributed by atoms with Gasteiger partial charge in [0.2, 0.25) is 11.9 Å². The number of benzene rings is 1. The monoisotopic (exact) mass is 855 g/mol. The number of carbonyl (C=O) groups is 2. The van der Waals surface area contributed by atoms with Gasteiger partial charge in [0.05, 0.1) is 57.7 Å². The molecular weight excluding hydrogens is 816 g/mol. The average Bonchev–Trinajstić information content (AvgIpc) is 4.01. The molecule has 25 heteroatoms. The van der Waals surface area contributed by atoms with Crippen molar-refractivity contribution in [3.8, 4) is 6.07 Å². The van der Waals surface area contributed by atoms with E-state index in [4.69, 9.17) is 23.0 Å². The van der Waals surface area contributed by atoms with E-state index < -0.39 is 107 Å². The molecule has 318 valence electrons. The number of H-pyrrole nitrogens is 1. The highest BCUT2D eigenvalue weighted by Crippen LogP contribution is 2.55. The quantitative estimate of drug-likeness (QED) is 0.0602. The van der Waals surface area contributed by atoms with Gasteiger partial charge in [-0.15, -0.1) is 0 Å². The number of alkyl halides is 1. The number of hydrogen-bond acceptors (Lipinski definition) is 18. The highest BCUT2D eigenvalue weighted by molar-refractivity contribution is 7.48. The smallest absolute Gasteiger partial charge is 0.396 e. The van der Waals surface area contributed by atoms with Gasteiger partial charge in [-0.25, -0.2) is 28.9 Å². The number of carbonyl (C=O) groups excluding carboxylic acids is 2. The molecule has 0 aliphatic carbocycles. The van der Waals surface area contributed by atoms with E-state index in [1.165, 1.54) is 15.5 Å². The fourth-order valence-electron chi connectivity index (χ4n) is 6.55. The number of anilines is 2. The molecule has 6 heterocycles. The predicted molar refractivity (Wildman–Crippen MR) is 202 cm³/mol. The number of phosphoric ester groups is 1. The molecule has 4 aromatic heterocycles. The number of aromatic amines is 1. The SMILES string of the molecule is CC(C)C(=O)Nc1nc2c(ncn2C2OC(CO)C(CO)C2OP(=O)(OCCC#N)OCC2OC(n3cnc4c(NC(=O)c5ccccc5)ncnc43)C(F)C2O)c(=O)[nH]1. The van der Waals surface area contributed by atoms with Gasteiger partial charge in [-0.1, -0.05) is 32.0 Å². The maximum absolute atomic E-state index is 15.8. The van der Waals surface area contributed by atoms with E-state index in [0.29, 0.717) is 5.56 Å². The molecule has 1 aromatic carbocycles. The number of rotatable bonds is 16. The van der Waals surface area contributed by atoms with Crippen LogP contribution in [0.4, 0.5) is 16.2 Å². The molecule has 7 rings (SSSR count). The van der Waals surface area contributed by atoms with Crippen LogP contribution in [0.1, 0.15) is 43.1 Å². The Labute approximate surface area is 338 Å². The number of hydrogen-bond donors (Lipinski definition) is 6. The van der Waals surface area contributed by atoms with Gasteiger partial charge < -0.3 is 30.1 Å². The normalized spacial score (nSPS) is 25.1. The Balaban J connectivity index is 1.12. The summed E-state index contributed by atoms with van der Waals surface area (Å²) in [4.78, 5) is 61.5. The van der Waals surface area contributed by atoms with Gasteiger partial charge in [0, 0.05) is 17.4 Å². The summed E-state index contributed by atoms with van der Waals surface area (Å²) in [6, 6.07) is 10.1. The van der Waals surface area contributed by atoms with Crippen LogP contribution in [0.2, 0.25) is 0 Å². The van der Waals surface area contributed by atoms with Crippen molar-refractivity contribution in [2.45, 2.75) is 63.3 Å². The molecule has 6 N–H and O–H groups in total. The highest BCUT2D eigenvalue weighted by atomic mass is 31.2. The van der Waals surface area contributed by atoms with Crippen molar-refractivity contribution in [1.29, 1.82) is 5.26 Å². The minimum atomic E-state index is -4.89. The molecular formula is C35H39FN11O12P. The van der Waals surface area contributed by atoms with E-state index in [1.807, 2.05) is 6.07 Å². The first-order valence-electron chi connectivity index (χ1n) is 18.5. The van der Waals surface area contributed by atoms with Gasteiger partial charge in [-0.3, -0.25) is 47.4 Å². The summed E-state index contributed by atoms with van der Waals surface area (Å²) in [6.07, 6.45) is -7.97. The van der Waals surface area contributed by atoms with Crippen molar-refractivity contribution < 1.29 is 56.9 Å². The zero-order valence-corrected chi connectivity index (χ0v) is 32.7. The fourth-order valence-corrected chi connectivity index (χ4v) is 7.95. The van der Waals surface area contributed by atoms with Crippen molar-refractivity contribution in [3.63, 3.8) is 0 Å². The standard InChI is InChI=1S/C35H39FN11O12P/c1-17(2)30(51)44-35-43-29-24(32(53)45-35)41-16-47(29)34-26(19(11-48)20(12-49)57-34)59-60(54,55-10-6-9-37)56-13-21-25(50)22(36)33(58-21)46-15-40-23-27(38-14-39-28(23)46)42-31(52)18-7-4-3-5-8-18/h3-5,7-8,14-17,19-22,25-26,33-34,48-50H,6,10-13H2,1-2H3,(H,38,39,42,52)(H2,43,44,45,51,53). The lowest BCUT2D eigenvalue weighted by Crippen LogP contribution is -2.34. The maximum atomic E-state index is 15.8. The lowest BCUT2D eigenvalue weighted by molar-refractivity contribution is -0.118. The number of nitriles is 1. The van der Waals surface area contributed by atoms with E-state index in [9.17, 15) is 39.5 Å². The maximum Gasteiger partial charge on any atom is 0.475 e. The fraction of sp³-hybridized carbons (Fsp3) is 0.457. The number of phosphoric acid groups is 1. The molecule has 2 aliphatic heterocycles. The minimum absolute atomic E-state index is 0.0254. The lowest BCUT2D eigenvalue weighted by atomic mass is 9.99. The van der Waals surface area contributed by atoms with Crippen LogP contribution in [-0.4, -0.2) is 123 Å². The molecule has 0 saturated carbocycles. The topological polar surface area (TPSA) is 313 Å². The Bertz CT molecular complexity index is 2500. The third-order valence-corrected chi connectivity index (χ3v) is 11.1. The number of halogens is 1. The van der Waals surface area contributed by atoms with Crippen molar-refractivity contribution in [3.05, 3.63) is 65.2 Å². The molecule has 23 nitrogen and oxygen atoms in total. The van der Waals surface area contributed by atoms with E-state index in [0.717, 1.165) is 12.7 Å². The lowest BCUT2D eigenvalue weighted by Gasteiger charge is -2.28. The van der Waals surface area contributed by atoms with E-state index in [2.05, 4.69) is 40.5 Å². The van der Waals surface area contributed by atoms with Crippen LogP contribution in [-0.2, 0) is 32.4 Å². The molecule has 60 heavy (non-hydrogen) atoms. The Morgan fingerprint density at radius 2 is 1.72 bits per heavy atom. The number of imidazole rings is 2. The number of nitrogens with zero attached hydrogens (tertiary/aromatic N) is 8. The average molecular weight is 856 g/mol. The number of fused-ring (bicyclic) bond motifs is 2. The molecule has 9 unspecified atom stereocenters. The summed E-state index contributed by atoms with van der Waals surface area (Å²) in [5, 5.41) is 45.9. The first-order valence-corrected chi connectivity index (χ1v) is 19.9. The molecule has 0 bridgehead atoms. The van der Waals surface area contributed by atoms with Crippen LogP contribution in [0.15, 0.2) is 54.1 Å². The van der Waals surface area contributed by atoms with Crippen molar-refractivity contribution >= 4 is 53.7 Å². The summed E-state index contributed by atoms with van der Waals surface area (Å²) in [7, 11) is -4.89. The number of aliphatic hydroxyl groups excluding tert-OH is 3. The summed E-state index contributed by atoms with van der Waals surface area (Å²) in [5.41, 5.74) is -0.569. The molecule has 0 radical (unpaired) electrons. The molecule has 0 spiro atoms. The Morgan fingerprint density at radius 3 is 2.42 bits per heavy atom. The second kappa shape index (κ2) is 17.9. The second-order valence-corrected chi connectivity index (χ2v) is 15.5. The highest BCUT2D eigenvalue weighted by Gasteiger charge is 2.52. The Kier molecular flexibility index (Phi) is 12.7. The Hall–Kier alpha value is -5.61. The van der Waals surface area contributed by atoms with Gasteiger partial charge >= 0.3 is 7.82 Å². The molecule has 2 saturated heterocycles. The molecule has 2 fully saturated rings. The second-order valence-electron chi connectivity index (χ2n) is 13.9. The molecule has 9 atom stereocenters. The zero-order chi connectivity index (χ0) is 42.7.